The maximum Gasteiger partial charge on any atom is 0.250 e. The molecule has 136 valence electrons. The molecule has 0 aliphatic carbocycles. The second kappa shape index (κ2) is 8.34. The van der Waals surface area contributed by atoms with Crippen molar-refractivity contribution in [2.75, 3.05) is 18.4 Å². The van der Waals surface area contributed by atoms with Gasteiger partial charge in [0.05, 0.1) is 11.3 Å². The molecule has 6 heteroatoms. The van der Waals surface area contributed by atoms with Crippen LogP contribution in [0.2, 0.25) is 5.02 Å². The fraction of sp³-hybridized carbons (Fsp3) is 0.300. The van der Waals surface area contributed by atoms with E-state index in [0.29, 0.717) is 11.3 Å². The molecule has 0 bridgehead atoms. The molecule has 0 spiro atoms. The van der Waals surface area contributed by atoms with Crippen LogP contribution >= 0.6 is 11.6 Å². The molecular formula is C20H22ClN3O2. The van der Waals surface area contributed by atoms with Gasteiger partial charge in [-0.15, -0.1) is 0 Å². The minimum Gasteiger partial charge on any atom is -0.366 e. The zero-order chi connectivity index (χ0) is 18.5. The number of nitrogens with one attached hydrogen (secondary N) is 1. The predicted octanol–water partition coefficient (Wildman–Crippen LogP) is 3.29. The van der Waals surface area contributed by atoms with E-state index in [4.69, 9.17) is 17.3 Å². The summed E-state index contributed by atoms with van der Waals surface area (Å²) in [5.41, 5.74) is 7.35. The lowest BCUT2D eigenvalue weighted by atomic mass is 9.95. The Bertz CT molecular complexity index is 801. The van der Waals surface area contributed by atoms with Crippen LogP contribution in [0, 0.1) is 5.92 Å². The first-order chi connectivity index (χ1) is 12.5. The van der Waals surface area contributed by atoms with Crippen LogP contribution in [0.1, 0.15) is 28.8 Å². The van der Waals surface area contributed by atoms with Crippen molar-refractivity contribution in [3.8, 4) is 0 Å². The average molecular weight is 372 g/mol. The van der Waals surface area contributed by atoms with Crippen molar-refractivity contribution in [1.29, 1.82) is 0 Å². The van der Waals surface area contributed by atoms with E-state index in [-0.39, 0.29) is 11.8 Å². The van der Waals surface area contributed by atoms with Gasteiger partial charge in [0.15, 0.2) is 0 Å². The molecule has 2 aromatic carbocycles. The summed E-state index contributed by atoms with van der Waals surface area (Å²) in [4.78, 5) is 26.4. The minimum absolute atomic E-state index is 0.0545. The highest BCUT2D eigenvalue weighted by atomic mass is 35.5. The fourth-order valence-electron chi connectivity index (χ4n) is 3.29. The molecule has 1 aliphatic rings. The summed E-state index contributed by atoms with van der Waals surface area (Å²) in [6.07, 6.45) is 1.57. The van der Waals surface area contributed by atoms with Crippen LogP contribution < -0.4 is 11.1 Å². The lowest BCUT2D eigenvalue weighted by Crippen LogP contribution is -2.38. The molecule has 0 aromatic heterocycles. The Kier molecular flexibility index (Phi) is 5.91. The topological polar surface area (TPSA) is 75.4 Å². The molecule has 0 atom stereocenters. The Morgan fingerprint density at radius 2 is 1.85 bits per heavy atom. The van der Waals surface area contributed by atoms with E-state index in [0.717, 1.165) is 37.5 Å². The van der Waals surface area contributed by atoms with Crippen LogP contribution in [0.5, 0.6) is 0 Å². The van der Waals surface area contributed by atoms with Crippen molar-refractivity contribution in [3.63, 3.8) is 0 Å². The van der Waals surface area contributed by atoms with Gasteiger partial charge < -0.3 is 11.1 Å². The highest BCUT2D eigenvalue weighted by Crippen LogP contribution is 2.23. The smallest absolute Gasteiger partial charge is 0.250 e. The third-order valence-corrected chi connectivity index (χ3v) is 4.94. The van der Waals surface area contributed by atoms with Crippen molar-refractivity contribution in [2.24, 2.45) is 11.7 Å². The molecular weight excluding hydrogens is 350 g/mol. The van der Waals surface area contributed by atoms with E-state index in [1.54, 1.807) is 24.3 Å². The summed E-state index contributed by atoms with van der Waals surface area (Å²) in [5, 5.41) is 3.60. The molecule has 26 heavy (non-hydrogen) atoms. The van der Waals surface area contributed by atoms with Crippen LogP contribution in [-0.2, 0) is 11.3 Å². The Morgan fingerprint density at radius 3 is 2.54 bits per heavy atom. The highest BCUT2D eigenvalue weighted by molar-refractivity contribution is 6.30. The molecule has 0 radical (unpaired) electrons. The summed E-state index contributed by atoms with van der Waals surface area (Å²) in [7, 11) is 0. The second-order valence-electron chi connectivity index (χ2n) is 6.58. The van der Waals surface area contributed by atoms with Gasteiger partial charge >= 0.3 is 0 Å². The fourth-order valence-corrected chi connectivity index (χ4v) is 3.50. The number of likely N-dealkylation sites (tertiary alicyclic amines) is 1. The van der Waals surface area contributed by atoms with Crippen LogP contribution in [0.25, 0.3) is 0 Å². The quantitative estimate of drug-likeness (QED) is 0.846. The molecule has 3 rings (SSSR count). The monoisotopic (exact) mass is 371 g/mol. The number of para-hydroxylation sites is 1. The number of nitrogens with zero attached hydrogens (tertiary/aromatic N) is 1. The third kappa shape index (κ3) is 4.62. The first-order valence-corrected chi connectivity index (χ1v) is 9.07. The van der Waals surface area contributed by atoms with Gasteiger partial charge in [0, 0.05) is 17.5 Å². The number of anilines is 1. The number of carbonyl (C=O) groups is 2. The van der Waals surface area contributed by atoms with E-state index in [1.807, 2.05) is 18.2 Å². The van der Waals surface area contributed by atoms with Gasteiger partial charge in [0.2, 0.25) is 5.91 Å². The van der Waals surface area contributed by atoms with E-state index >= 15 is 0 Å². The zero-order valence-electron chi connectivity index (χ0n) is 14.5. The number of benzene rings is 2. The number of carbonyl (C=O) groups excluding carboxylic acids is 2. The molecule has 1 fully saturated rings. The first-order valence-electron chi connectivity index (χ1n) is 8.69. The van der Waals surface area contributed by atoms with Gasteiger partial charge in [-0.05, 0) is 55.8 Å². The molecule has 3 N–H and O–H groups in total. The van der Waals surface area contributed by atoms with Gasteiger partial charge in [-0.25, -0.2) is 0 Å². The van der Waals surface area contributed by atoms with E-state index in [2.05, 4.69) is 16.3 Å². The zero-order valence-corrected chi connectivity index (χ0v) is 15.2. The highest BCUT2D eigenvalue weighted by Gasteiger charge is 2.25. The van der Waals surface area contributed by atoms with Gasteiger partial charge in [-0.1, -0.05) is 35.9 Å². The number of rotatable bonds is 5. The number of primary amides is 1. The number of hydrogen-bond donors (Lipinski definition) is 2. The molecule has 1 heterocycles. The summed E-state index contributed by atoms with van der Waals surface area (Å²) in [6.45, 7) is 2.53. The Hall–Kier alpha value is -2.37. The number of hydrogen-bond acceptors (Lipinski definition) is 3. The van der Waals surface area contributed by atoms with Gasteiger partial charge in [-0.2, -0.15) is 0 Å². The molecule has 1 saturated heterocycles. The maximum absolute atomic E-state index is 12.6. The number of halogens is 1. The maximum atomic E-state index is 12.6. The normalized spacial score (nSPS) is 15.6. The van der Waals surface area contributed by atoms with Crippen molar-refractivity contribution in [3.05, 3.63) is 64.7 Å². The summed E-state index contributed by atoms with van der Waals surface area (Å²) < 4.78 is 0. The summed E-state index contributed by atoms with van der Waals surface area (Å²) in [5.74, 6) is -0.662. The van der Waals surface area contributed by atoms with Gasteiger partial charge in [0.25, 0.3) is 5.91 Å². The van der Waals surface area contributed by atoms with Crippen LogP contribution in [0.3, 0.4) is 0 Å². The van der Waals surface area contributed by atoms with Gasteiger partial charge in [0.1, 0.15) is 0 Å². The van der Waals surface area contributed by atoms with Crippen molar-refractivity contribution in [2.45, 2.75) is 19.4 Å². The Balaban J connectivity index is 1.55. The average Bonchev–Trinajstić information content (AvgIpc) is 2.62. The lowest BCUT2D eigenvalue weighted by molar-refractivity contribution is -0.121. The SMILES string of the molecule is NC(=O)c1ccccc1NC(=O)C1CCN(Cc2cccc(Cl)c2)CC1. The first kappa shape index (κ1) is 18.4. The molecule has 0 unspecified atom stereocenters. The van der Waals surface area contributed by atoms with Gasteiger partial charge in [-0.3, -0.25) is 14.5 Å². The van der Waals surface area contributed by atoms with E-state index in [9.17, 15) is 9.59 Å². The van der Waals surface area contributed by atoms with Crippen molar-refractivity contribution < 1.29 is 9.59 Å². The largest absolute Gasteiger partial charge is 0.366 e. The number of piperidine rings is 1. The van der Waals surface area contributed by atoms with E-state index < -0.39 is 5.91 Å². The van der Waals surface area contributed by atoms with Crippen molar-refractivity contribution >= 4 is 29.1 Å². The van der Waals surface area contributed by atoms with Crippen LogP contribution in [0.15, 0.2) is 48.5 Å². The number of nitrogens with two attached hydrogens (primary N) is 1. The third-order valence-electron chi connectivity index (χ3n) is 4.70. The molecule has 2 amide bonds. The van der Waals surface area contributed by atoms with Crippen molar-refractivity contribution in [1.82, 2.24) is 4.90 Å². The summed E-state index contributed by atoms with van der Waals surface area (Å²) >= 11 is 6.03. The Labute approximate surface area is 158 Å². The standard InChI is InChI=1S/C20H22ClN3O2/c21-16-5-3-4-14(12-16)13-24-10-8-15(9-11-24)20(26)23-18-7-2-1-6-17(18)19(22)25/h1-7,12,15H,8-11,13H2,(H2,22,25)(H,23,26). The Morgan fingerprint density at radius 1 is 1.12 bits per heavy atom. The lowest BCUT2D eigenvalue weighted by Gasteiger charge is -2.31. The van der Waals surface area contributed by atoms with Crippen LogP contribution in [-0.4, -0.2) is 29.8 Å². The molecule has 2 aromatic rings. The minimum atomic E-state index is -0.544. The predicted molar refractivity (Wildman–Crippen MR) is 103 cm³/mol. The number of amides is 2. The summed E-state index contributed by atoms with van der Waals surface area (Å²) in [6, 6.07) is 14.7. The van der Waals surface area contributed by atoms with E-state index in [1.165, 1.54) is 5.56 Å². The molecule has 0 saturated carbocycles. The second-order valence-corrected chi connectivity index (χ2v) is 7.02. The molecule has 5 nitrogen and oxygen atoms in total. The molecule has 1 aliphatic heterocycles. The van der Waals surface area contributed by atoms with Crippen LogP contribution in [0.4, 0.5) is 5.69 Å².